The topological polar surface area (TPSA) is 50.1 Å². The van der Waals surface area contributed by atoms with Gasteiger partial charge >= 0.3 is 5.97 Å². The summed E-state index contributed by atoms with van der Waals surface area (Å²) in [6, 6.07) is 9.39. The maximum atomic E-state index is 11.6. The predicted molar refractivity (Wildman–Crippen MR) is 74.0 cm³/mol. The Morgan fingerprint density at radius 3 is 2.65 bits per heavy atom. The molecule has 0 radical (unpaired) electrons. The number of halogens is 1. The molecule has 0 fully saturated rings. The van der Waals surface area contributed by atoms with Gasteiger partial charge in [-0.1, -0.05) is 18.2 Å². The summed E-state index contributed by atoms with van der Waals surface area (Å²) >= 11 is 2.15. The first-order valence-electron chi connectivity index (χ1n) is 5.12. The first kappa shape index (κ1) is 13.7. The molecule has 0 aliphatic heterocycles. The summed E-state index contributed by atoms with van der Waals surface area (Å²) in [4.78, 5) is 11.6. The van der Waals surface area contributed by atoms with Crippen molar-refractivity contribution < 1.29 is 9.53 Å². The van der Waals surface area contributed by atoms with E-state index in [0.29, 0.717) is 0 Å². The molecule has 1 aromatic carbocycles. The average molecular weight is 341 g/mol. The van der Waals surface area contributed by atoms with Gasteiger partial charge < -0.3 is 4.74 Å². The van der Waals surface area contributed by atoms with Crippen LogP contribution in [0.1, 0.15) is 19.4 Å². The highest BCUT2D eigenvalue weighted by molar-refractivity contribution is 14.1. The molecular formula is C13H12INO2. The summed E-state index contributed by atoms with van der Waals surface area (Å²) < 4.78 is 5.96. The van der Waals surface area contributed by atoms with Crippen molar-refractivity contribution in [1.29, 1.82) is 5.26 Å². The van der Waals surface area contributed by atoms with E-state index in [-0.39, 0.29) is 11.7 Å². The zero-order valence-corrected chi connectivity index (χ0v) is 11.8. The Morgan fingerprint density at radius 2 is 2.12 bits per heavy atom. The second-order valence-electron chi connectivity index (χ2n) is 3.65. The number of esters is 1. The molecule has 4 heteroatoms. The fourth-order valence-electron chi connectivity index (χ4n) is 1.16. The van der Waals surface area contributed by atoms with E-state index >= 15 is 0 Å². The van der Waals surface area contributed by atoms with Crippen LogP contribution >= 0.6 is 22.6 Å². The van der Waals surface area contributed by atoms with E-state index in [4.69, 9.17) is 10.00 Å². The summed E-state index contributed by atoms with van der Waals surface area (Å²) in [5.74, 6) is -0.581. The quantitative estimate of drug-likeness (QED) is 0.367. The van der Waals surface area contributed by atoms with Crippen molar-refractivity contribution in [1.82, 2.24) is 0 Å². The molecule has 0 N–H and O–H groups in total. The van der Waals surface area contributed by atoms with Gasteiger partial charge in [0.1, 0.15) is 11.6 Å². The van der Waals surface area contributed by atoms with Crippen LogP contribution < -0.4 is 0 Å². The molecule has 88 valence electrons. The third-order valence-corrected chi connectivity index (χ3v) is 2.87. The summed E-state index contributed by atoms with van der Waals surface area (Å²) in [5.41, 5.74) is 0.855. The molecule has 1 aromatic rings. The fourth-order valence-corrected chi connectivity index (χ4v) is 1.71. The maximum Gasteiger partial charge on any atom is 0.349 e. The van der Waals surface area contributed by atoms with E-state index in [2.05, 4.69) is 22.6 Å². The Morgan fingerprint density at radius 1 is 1.47 bits per heavy atom. The molecule has 3 nitrogen and oxygen atoms in total. The van der Waals surface area contributed by atoms with E-state index in [1.165, 1.54) is 0 Å². The van der Waals surface area contributed by atoms with Crippen LogP contribution in [-0.2, 0) is 9.53 Å². The lowest BCUT2D eigenvalue weighted by molar-refractivity contribution is -0.142. The summed E-state index contributed by atoms with van der Waals surface area (Å²) in [5, 5.41) is 8.94. The minimum atomic E-state index is -0.581. The molecule has 0 aliphatic rings. The first-order chi connectivity index (χ1) is 8.04. The van der Waals surface area contributed by atoms with Gasteiger partial charge in [-0.3, -0.25) is 0 Å². The first-order valence-corrected chi connectivity index (χ1v) is 6.19. The van der Waals surface area contributed by atoms with Gasteiger partial charge in [0.05, 0.1) is 6.10 Å². The lowest BCUT2D eigenvalue weighted by Crippen LogP contribution is -2.12. The smallest absolute Gasteiger partial charge is 0.349 e. The van der Waals surface area contributed by atoms with Gasteiger partial charge in [-0.2, -0.15) is 5.26 Å². The van der Waals surface area contributed by atoms with Crippen LogP contribution in [-0.4, -0.2) is 12.1 Å². The van der Waals surface area contributed by atoms with E-state index in [0.717, 1.165) is 9.13 Å². The molecule has 0 atom stereocenters. The van der Waals surface area contributed by atoms with Gasteiger partial charge in [-0.15, -0.1) is 0 Å². The van der Waals surface area contributed by atoms with E-state index in [1.54, 1.807) is 19.9 Å². The Balaban J connectivity index is 3.00. The Kier molecular flexibility index (Phi) is 5.16. The highest BCUT2D eigenvalue weighted by Crippen LogP contribution is 2.15. The zero-order valence-electron chi connectivity index (χ0n) is 9.61. The van der Waals surface area contributed by atoms with Gasteiger partial charge in [-0.05, 0) is 54.1 Å². The van der Waals surface area contributed by atoms with Crippen molar-refractivity contribution in [2.24, 2.45) is 0 Å². The minimum Gasteiger partial charge on any atom is -0.459 e. The van der Waals surface area contributed by atoms with E-state index in [9.17, 15) is 4.79 Å². The van der Waals surface area contributed by atoms with E-state index < -0.39 is 5.97 Å². The minimum absolute atomic E-state index is 0.0165. The van der Waals surface area contributed by atoms with Crippen molar-refractivity contribution >= 4 is 34.6 Å². The highest BCUT2D eigenvalue weighted by Gasteiger charge is 2.12. The van der Waals surface area contributed by atoms with Crippen LogP contribution in [0.3, 0.4) is 0 Å². The molecule has 0 bridgehead atoms. The van der Waals surface area contributed by atoms with Gasteiger partial charge in [0, 0.05) is 3.57 Å². The van der Waals surface area contributed by atoms with Gasteiger partial charge in [0.15, 0.2) is 0 Å². The van der Waals surface area contributed by atoms with Gasteiger partial charge in [0.25, 0.3) is 0 Å². The van der Waals surface area contributed by atoms with Gasteiger partial charge in [-0.25, -0.2) is 4.79 Å². The molecular weight excluding hydrogens is 329 g/mol. The molecule has 0 amide bonds. The average Bonchev–Trinajstić information content (AvgIpc) is 2.27. The number of nitrogens with zero attached hydrogens (tertiary/aromatic N) is 1. The molecule has 0 spiro atoms. The number of nitriles is 1. The van der Waals surface area contributed by atoms with Crippen molar-refractivity contribution in [3.63, 3.8) is 0 Å². The third-order valence-electron chi connectivity index (χ3n) is 1.89. The van der Waals surface area contributed by atoms with Crippen LogP contribution in [0.25, 0.3) is 6.08 Å². The second-order valence-corrected chi connectivity index (χ2v) is 4.81. The molecule has 0 aliphatic carbocycles. The summed E-state index contributed by atoms with van der Waals surface area (Å²) in [7, 11) is 0. The number of hydrogen-bond acceptors (Lipinski definition) is 3. The van der Waals surface area contributed by atoms with Crippen molar-refractivity contribution in [2.45, 2.75) is 20.0 Å². The predicted octanol–water partition coefficient (Wildman–Crippen LogP) is 3.15. The summed E-state index contributed by atoms with van der Waals surface area (Å²) in [6.07, 6.45) is 1.32. The fraction of sp³-hybridized carbons (Fsp3) is 0.231. The van der Waals surface area contributed by atoms with Gasteiger partial charge in [0.2, 0.25) is 0 Å². The number of carbonyl (C=O) groups excluding carboxylic acids is 1. The SMILES string of the molecule is CC(C)OC(=O)/C(C#N)=C\c1ccccc1I. The lowest BCUT2D eigenvalue weighted by Gasteiger charge is -2.06. The normalized spacial score (nSPS) is 11.1. The number of rotatable bonds is 3. The Labute approximate surface area is 114 Å². The van der Waals surface area contributed by atoms with Crippen LogP contribution in [0.15, 0.2) is 29.8 Å². The lowest BCUT2D eigenvalue weighted by atomic mass is 10.1. The molecule has 0 saturated carbocycles. The number of benzene rings is 1. The number of ether oxygens (including phenoxy) is 1. The molecule has 0 saturated heterocycles. The third kappa shape index (κ3) is 4.19. The largest absolute Gasteiger partial charge is 0.459 e. The van der Waals surface area contributed by atoms with Crippen LogP contribution in [0, 0.1) is 14.9 Å². The van der Waals surface area contributed by atoms with Crippen molar-refractivity contribution in [3.8, 4) is 6.07 Å². The second kappa shape index (κ2) is 6.40. The van der Waals surface area contributed by atoms with E-state index in [1.807, 2.05) is 30.3 Å². The molecule has 0 heterocycles. The van der Waals surface area contributed by atoms with Crippen LogP contribution in [0.2, 0.25) is 0 Å². The van der Waals surface area contributed by atoms with Crippen molar-refractivity contribution in [3.05, 3.63) is 39.0 Å². The Bertz CT molecular complexity index is 486. The molecule has 17 heavy (non-hydrogen) atoms. The molecule has 0 unspecified atom stereocenters. The maximum absolute atomic E-state index is 11.6. The molecule has 1 rings (SSSR count). The Hall–Kier alpha value is -1.35. The van der Waals surface area contributed by atoms with Crippen molar-refractivity contribution in [2.75, 3.05) is 0 Å². The monoisotopic (exact) mass is 341 g/mol. The highest BCUT2D eigenvalue weighted by atomic mass is 127. The number of hydrogen-bond donors (Lipinski definition) is 0. The standard InChI is InChI=1S/C13H12INO2/c1-9(2)17-13(16)11(8-15)7-10-5-3-4-6-12(10)14/h3-7,9H,1-2H3/b11-7-. The van der Waals surface area contributed by atoms with Crippen LogP contribution in [0.5, 0.6) is 0 Å². The zero-order chi connectivity index (χ0) is 12.8. The number of carbonyl (C=O) groups is 1. The van der Waals surface area contributed by atoms with Crippen LogP contribution in [0.4, 0.5) is 0 Å². The molecule has 0 aromatic heterocycles. The summed E-state index contributed by atoms with van der Waals surface area (Å²) in [6.45, 7) is 3.50.